The van der Waals surface area contributed by atoms with Gasteiger partial charge in [0.1, 0.15) is 22.8 Å². The summed E-state index contributed by atoms with van der Waals surface area (Å²) >= 11 is 5.70. The van der Waals surface area contributed by atoms with E-state index in [9.17, 15) is 22.8 Å². The molecule has 3 heterocycles. The van der Waals surface area contributed by atoms with E-state index >= 15 is 0 Å². The van der Waals surface area contributed by atoms with Crippen LogP contribution in [0.25, 0.3) is 11.3 Å². The number of nitrogens with zero attached hydrogens (tertiary/aromatic N) is 4. The number of nitrogen functional groups attached to an aromatic ring is 1. The van der Waals surface area contributed by atoms with Gasteiger partial charge in [0.25, 0.3) is 18.2 Å². The predicted molar refractivity (Wildman–Crippen MR) is 130 cm³/mol. The number of carbonyl (C=O) groups excluding carboxylic acids is 2. The van der Waals surface area contributed by atoms with Gasteiger partial charge in [0.05, 0.1) is 11.1 Å². The smallest absolute Gasteiger partial charge is 0.257 e. The topological polar surface area (TPSA) is 129 Å². The van der Waals surface area contributed by atoms with Gasteiger partial charge < -0.3 is 21.1 Å². The number of hydrogen-bond acceptors (Lipinski definition) is 6. The zero-order valence-electron chi connectivity index (χ0n) is 19.3. The van der Waals surface area contributed by atoms with Gasteiger partial charge in [-0.15, -0.1) is 0 Å². The average molecular weight is 535 g/mol. The Morgan fingerprint density at radius 1 is 1.24 bits per heavy atom. The summed E-state index contributed by atoms with van der Waals surface area (Å²) in [6.07, 6.45) is 1.07. The molecular weight excluding hydrogens is 513 g/mol. The van der Waals surface area contributed by atoms with Crippen LogP contribution in [-0.4, -0.2) is 51.0 Å². The standard InChI is InChI=1S/C24H22ClF3N6O3/c25-14-10-17(26)24(31-11-14)37-16-5-3-13(4-6-16)21-20(23(30)36)22(29)34(32-21)15-2-1-9-33(12-15)19(35)8-7-18(27)28/h3-8,10-11,15,18H,1-2,9,12,29H2,(H2,30,36)/t15-/m1/s1. The van der Waals surface area contributed by atoms with Gasteiger partial charge in [-0.05, 0) is 49.2 Å². The molecular formula is C24H22ClF3N6O3. The summed E-state index contributed by atoms with van der Waals surface area (Å²) in [6.45, 7) is 0.562. The van der Waals surface area contributed by atoms with Crippen LogP contribution in [0.5, 0.6) is 11.6 Å². The van der Waals surface area contributed by atoms with E-state index in [0.29, 0.717) is 31.0 Å². The molecule has 0 saturated carbocycles. The van der Waals surface area contributed by atoms with Crippen molar-refractivity contribution in [3.05, 3.63) is 65.1 Å². The van der Waals surface area contributed by atoms with Crippen molar-refractivity contribution in [2.75, 3.05) is 18.8 Å². The first-order valence-electron chi connectivity index (χ1n) is 11.2. The number of primary amides is 1. The highest BCUT2D eigenvalue weighted by Gasteiger charge is 2.29. The van der Waals surface area contributed by atoms with Crippen LogP contribution in [0.1, 0.15) is 29.2 Å². The number of hydrogen-bond donors (Lipinski definition) is 2. The molecule has 0 radical (unpaired) electrons. The van der Waals surface area contributed by atoms with Gasteiger partial charge in [0, 0.05) is 30.9 Å². The largest absolute Gasteiger partial charge is 0.436 e. The summed E-state index contributed by atoms with van der Waals surface area (Å²) in [5, 5.41) is 4.64. The van der Waals surface area contributed by atoms with Crippen molar-refractivity contribution in [2.45, 2.75) is 25.3 Å². The summed E-state index contributed by atoms with van der Waals surface area (Å²) in [7, 11) is 0. The van der Waals surface area contributed by atoms with Crippen molar-refractivity contribution < 1.29 is 27.5 Å². The SMILES string of the molecule is NC(=O)c1c(-c2ccc(Oc3ncc(Cl)cc3F)cc2)nn([C@@H]2CCCN(C(=O)C=CC(F)F)C2)c1N. The van der Waals surface area contributed by atoms with Gasteiger partial charge in [0.15, 0.2) is 5.82 Å². The fourth-order valence-corrected chi connectivity index (χ4v) is 4.20. The van der Waals surface area contributed by atoms with Gasteiger partial charge in [-0.2, -0.15) is 5.10 Å². The first kappa shape index (κ1) is 26.0. The zero-order valence-corrected chi connectivity index (χ0v) is 20.0. The molecule has 0 spiro atoms. The van der Waals surface area contributed by atoms with Crippen LogP contribution in [0.15, 0.2) is 48.7 Å². The van der Waals surface area contributed by atoms with Crippen molar-refractivity contribution >= 4 is 29.2 Å². The Balaban J connectivity index is 1.59. The lowest BCUT2D eigenvalue weighted by Crippen LogP contribution is -2.40. The number of ether oxygens (including phenoxy) is 1. The lowest BCUT2D eigenvalue weighted by Gasteiger charge is -2.32. The highest BCUT2D eigenvalue weighted by atomic mass is 35.5. The van der Waals surface area contributed by atoms with E-state index in [-0.39, 0.29) is 40.3 Å². The second-order valence-corrected chi connectivity index (χ2v) is 8.69. The number of nitrogens with two attached hydrogens (primary N) is 2. The third-order valence-electron chi connectivity index (χ3n) is 5.75. The first-order chi connectivity index (χ1) is 17.6. The van der Waals surface area contributed by atoms with E-state index in [2.05, 4.69) is 10.1 Å². The van der Waals surface area contributed by atoms with Crippen molar-refractivity contribution in [3.63, 3.8) is 0 Å². The summed E-state index contributed by atoms with van der Waals surface area (Å²) in [6, 6.07) is 6.91. The number of piperidine rings is 1. The molecule has 0 bridgehead atoms. The molecule has 0 unspecified atom stereocenters. The first-order valence-corrected chi connectivity index (χ1v) is 11.5. The van der Waals surface area contributed by atoms with E-state index in [4.69, 9.17) is 27.8 Å². The van der Waals surface area contributed by atoms with E-state index < -0.39 is 30.1 Å². The van der Waals surface area contributed by atoms with Crippen LogP contribution in [0.2, 0.25) is 5.02 Å². The van der Waals surface area contributed by atoms with E-state index in [1.165, 1.54) is 27.9 Å². The van der Waals surface area contributed by atoms with E-state index in [0.717, 1.165) is 12.1 Å². The average Bonchev–Trinajstić information content (AvgIpc) is 3.22. The molecule has 9 nitrogen and oxygen atoms in total. The third-order valence-corrected chi connectivity index (χ3v) is 5.96. The molecule has 1 aliphatic heterocycles. The molecule has 37 heavy (non-hydrogen) atoms. The number of halogens is 4. The number of rotatable bonds is 7. The minimum atomic E-state index is -2.73. The fraction of sp³-hybridized carbons (Fsp3) is 0.250. The molecule has 0 aliphatic carbocycles. The molecule has 2 amide bonds. The van der Waals surface area contributed by atoms with Gasteiger partial charge in [-0.3, -0.25) is 9.59 Å². The second kappa shape index (κ2) is 10.9. The maximum absolute atomic E-state index is 14.0. The number of allylic oxidation sites excluding steroid dienone is 1. The van der Waals surface area contributed by atoms with Crippen LogP contribution >= 0.6 is 11.6 Å². The van der Waals surface area contributed by atoms with Crippen LogP contribution in [0.4, 0.5) is 19.0 Å². The number of pyridine rings is 1. The summed E-state index contributed by atoms with van der Waals surface area (Å²) in [5.74, 6) is -2.04. The van der Waals surface area contributed by atoms with Gasteiger partial charge in [-0.1, -0.05) is 11.6 Å². The van der Waals surface area contributed by atoms with Crippen LogP contribution in [-0.2, 0) is 4.79 Å². The molecule has 2 aromatic heterocycles. The Hall–Kier alpha value is -4.06. The van der Waals surface area contributed by atoms with Gasteiger partial charge >= 0.3 is 0 Å². The molecule has 3 aromatic rings. The van der Waals surface area contributed by atoms with E-state index in [1.54, 1.807) is 12.1 Å². The molecule has 1 atom stereocenters. The molecule has 13 heteroatoms. The lowest BCUT2D eigenvalue weighted by molar-refractivity contribution is -0.127. The Bertz CT molecular complexity index is 1350. The highest BCUT2D eigenvalue weighted by Crippen LogP contribution is 2.33. The normalized spacial score (nSPS) is 15.9. The Morgan fingerprint density at radius 2 is 1.97 bits per heavy atom. The number of anilines is 1. The minimum absolute atomic E-state index is 0.000117. The zero-order chi connectivity index (χ0) is 26.7. The molecule has 1 aliphatic rings. The summed E-state index contributed by atoms with van der Waals surface area (Å²) < 4.78 is 45.8. The highest BCUT2D eigenvalue weighted by molar-refractivity contribution is 6.30. The summed E-state index contributed by atoms with van der Waals surface area (Å²) in [4.78, 5) is 29.8. The lowest BCUT2D eigenvalue weighted by atomic mass is 10.1. The Morgan fingerprint density at radius 3 is 2.62 bits per heavy atom. The summed E-state index contributed by atoms with van der Waals surface area (Å²) in [5.41, 5.74) is 12.6. The van der Waals surface area contributed by atoms with Crippen molar-refractivity contribution in [3.8, 4) is 22.9 Å². The number of amides is 2. The fourth-order valence-electron chi connectivity index (χ4n) is 4.06. The maximum Gasteiger partial charge on any atom is 0.257 e. The minimum Gasteiger partial charge on any atom is -0.436 e. The number of benzene rings is 1. The van der Waals surface area contributed by atoms with Crippen molar-refractivity contribution in [1.29, 1.82) is 0 Å². The monoisotopic (exact) mass is 534 g/mol. The van der Waals surface area contributed by atoms with Gasteiger partial charge in [-0.25, -0.2) is 22.8 Å². The molecule has 4 N–H and O–H groups in total. The second-order valence-electron chi connectivity index (χ2n) is 8.26. The van der Waals surface area contributed by atoms with Crippen LogP contribution < -0.4 is 16.2 Å². The predicted octanol–water partition coefficient (Wildman–Crippen LogP) is 4.20. The number of aromatic nitrogens is 3. The maximum atomic E-state index is 14.0. The third kappa shape index (κ3) is 5.85. The van der Waals surface area contributed by atoms with Crippen LogP contribution in [0, 0.1) is 5.82 Å². The molecule has 1 fully saturated rings. The molecule has 4 rings (SSSR count). The van der Waals surface area contributed by atoms with Crippen LogP contribution in [0.3, 0.4) is 0 Å². The molecule has 1 aromatic carbocycles. The quantitative estimate of drug-likeness (QED) is 0.437. The van der Waals surface area contributed by atoms with Crippen molar-refractivity contribution in [2.24, 2.45) is 5.73 Å². The molecule has 194 valence electrons. The Kier molecular flexibility index (Phi) is 7.67. The Labute approximate surface area is 214 Å². The van der Waals surface area contributed by atoms with Crippen molar-refractivity contribution in [1.82, 2.24) is 19.7 Å². The van der Waals surface area contributed by atoms with E-state index in [1.807, 2.05) is 0 Å². The number of likely N-dealkylation sites (tertiary alicyclic amines) is 1. The number of alkyl halides is 2. The molecule has 1 saturated heterocycles. The number of carbonyl (C=O) groups is 2. The van der Waals surface area contributed by atoms with Gasteiger partial charge in [0.2, 0.25) is 5.91 Å².